The first-order valence-corrected chi connectivity index (χ1v) is 4.43. The lowest BCUT2D eigenvalue weighted by Gasteiger charge is -2.01. The summed E-state index contributed by atoms with van der Waals surface area (Å²) < 4.78 is 0. The summed E-state index contributed by atoms with van der Waals surface area (Å²) in [5, 5.41) is 11.5. The average Bonchev–Trinajstić information content (AvgIpc) is 2.25. The third-order valence-corrected chi connectivity index (χ3v) is 1.61. The van der Waals surface area contributed by atoms with E-state index in [-0.39, 0.29) is 5.56 Å². The quantitative estimate of drug-likeness (QED) is 0.566. The molecule has 1 aromatic rings. The number of nitrogens with zero attached hydrogens (tertiary/aromatic N) is 2. The summed E-state index contributed by atoms with van der Waals surface area (Å²) in [6.45, 7) is 2.42. The molecule has 0 amide bonds. The highest BCUT2D eigenvalue weighted by Gasteiger charge is 2.03. The van der Waals surface area contributed by atoms with Gasteiger partial charge in [-0.3, -0.25) is 0 Å². The number of aromatic nitrogens is 2. The van der Waals surface area contributed by atoms with Gasteiger partial charge in [0.25, 0.3) is 0 Å². The molecule has 1 heterocycles. The maximum absolute atomic E-state index is 10.5. The zero-order valence-corrected chi connectivity index (χ0v) is 8.32. The molecule has 5 heteroatoms. The van der Waals surface area contributed by atoms with Gasteiger partial charge in [0, 0.05) is 25.4 Å². The predicted molar refractivity (Wildman–Crippen MR) is 55.5 cm³/mol. The van der Waals surface area contributed by atoms with Crippen LogP contribution in [0, 0.1) is 11.8 Å². The Labute approximate surface area is 87.6 Å². The van der Waals surface area contributed by atoms with Gasteiger partial charge in [0.1, 0.15) is 0 Å². The summed E-state index contributed by atoms with van der Waals surface area (Å²) >= 11 is 0. The second-order valence-corrected chi connectivity index (χ2v) is 2.70. The van der Waals surface area contributed by atoms with Crippen molar-refractivity contribution in [2.24, 2.45) is 0 Å². The minimum atomic E-state index is -1.03. The summed E-state index contributed by atoms with van der Waals surface area (Å²) in [7, 11) is 0. The van der Waals surface area contributed by atoms with Crippen LogP contribution in [0.5, 0.6) is 0 Å². The van der Waals surface area contributed by atoms with E-state index in [1.807, 2.05) is 0 Å². The van der Waals surface area contributed by atoms with E-state index >= 15 is 0 Å². The Balaban J connectivity index is 2.48. The van der Waals surface area contributed by atoms with Crippen LogP contribution in [-0.4, -0.2) is 27.6 Å². The van der Waals surface area contributed by atoms with E-state index in [0.717, 1.165) is 0 Å². The Kier molecular flexibility index (Phi) is 4.10. The predicted octanol–water partition coefficient (Wildman–Crippen LogP) is 1.00. The van der Waals surface area contributed by atoms with E-state index in [0.29, 0.717) is 18.9 Å². The normalized spacial score (nSPS) is 8.87. The molecule has 0 fully saturated rings. The first-order valence-electron chi connectivity index (χ1n) is 4.43. The molecular formula is C10H11N3O2. The highest BCUT2D eigenvalue weighted by atomic mass is 16.4. The molecule has 0 aromatic carbocycles. The first kappa shape index (κ1) is 11.0. The molecule has 0 spiro atoms. The van der Waals surface area contributed by atoms with Gasteiger partial charge in [-0.05, 0) is 6.92 Å². The lowest BCUT2D eigenvalue weighted by molar-refractivity contribution is 0.0696. The first-order chi connectivity index (χ1) is 7.24. The summed E-state index contributed by atoms with van der Waals surface area (Å²) in [4.78, 5) is 18.2. The molecule has 0 saturated heterocycles. The van der Waals surface area contributed by atoms with Crippen molar-refractivity contribution in [2.75, 3.05) is 11.9 Å². The number of anilines is 1. The fraction of sp³-hybridized carbons (Fsp3) is 0.300. The van der Waals surface area contributed by atoms with Crippen LogP contribution in [0.1, 0.15) is 23.7 Å². The number of nitrogens with one attached hydrogen (secondary N) is 1. The van der Waals surface area contributed by atoms with E-state index < -0.39 is 5.97 Å². The summed E-state index contributed by atoms with van der Waals surface area (Å²) in [6.07, 6.45) is 3.24. The number of hydrogen-bond acceptors (Lipinski definition) is 4. The smallest absolute Gasteiger partial charge is 0.338 e. The van der Waals surface area contributed by atoms with Crippen molar-refractivity contribution in [1.29, 1.82) is 0 Å². The highest BCUT2D eigenvalue weighted by Crippen LogP contribution is 1.99. The van der Waals surface area contributed by atoms with Crippen LogP contribution in [-0.2, 0) is 0 Å². The standard InChI is InChI=1S/C10H11N3O2/c1-2-3-4-5-11-10-12-6-8(7-13-10)9(14)15/h6-7H,4-5H2,1H3,(H,14,15)(H,11,12,13). The molecule has 1 rings (SSSR count). The van der Waals surface area contributed by atoms with Crippen molar-refractivity contribution in [2.45, 2.75) is 13.3 Å². The summed E-state index contributed by atoms with van der Waals surface area (Å²) in [6, 6.07) is 0. The van der Waals surface area contributed by atoms with Gasteiger partial charge in [0.05, 0.1) is 5.56 Å². The largest absolute Gasteiger partial charge is 0.478 e. The molecule has 0 aliphatic heterocycles. The fourth-order valence-corrected chi connectivity index (χ4v) is 0.892. The molecule has 0 saturated carbocycles. The monoisotopic (exact) mass is 205 g/mol. The second kappa shape index (κ2) is 5.60. The van der Waals surface area contributed by atoms with Crippen LogP contribution < -0.4 is 5.32 Å². The van der Waals surface area contributed by atoms with Crippen LogP contribution in [0.3, 0.4) is 0 Å². The highest BCUT2D eigenvalue weighted by molar-refractivity contribution is 5.86. The van der Waals surface area contributed by atoms with E-state index in [2.05, 4.69) is 27.1 Å². The number of carbonyl (C=O) groups is 1. The molecule has 0 radical (unpaired) electrons. The Hall–Kier alpha value is -2.09. The maximum atomic E-state index is 10.5. The van der Waals surface area contributed by atoms with Crippen molar-refractivity contribution < 1.29 is 9.90 Å². The van der Waals surface area contributed by atoms with Gasteiger partial charge < -0.3 is 10.4 Å². The van der Waals surface area contributed by atoms with Crippen LogP contribution in [0.25, 0.3) is 0 Å². The molecule has 0 atom stereocenters. The maximum Gasteiger partial charge on any atom is 0.338 e. The molecule has 78 valence electrons. The molecule has 2 N–H and O–H groups in total. The van der Waals surface area contributed by atoms with E-state index in [1.54, 1.807) is 6.92 Å². The van der Waals surface area contributed by atoms with Crippen LogP contribution in [0.4, 0.5) is 5.95 Å². The van der Waals surface area contributed by atoms with Gasteiger partial charge in [-0.2, -0.15) is 0 Å². The number of carboxylic acid groups (broad SMARTS) is 1. The summed E-state index contributed by atoms with van der Waals surface area (Å²) in [5.74, 6) is 5.04. The SMILES string of the molecule is CC#CCCNc1ncc(C(=O)O)cn1. The van der Waals surface area contributed by atoms with Gasteiger partial charge in [0.2, 0.25) is 5.95 Å². The number of carboxylic acids is 1. The topological polar surface area (TPSA) is 75.1 Å². The van der Waals surface area contributed by atoms with Gasteiger partial charge in [-0.1, -0.05) is 0 Å². The van der Waals surface area contributed by atoms with E-state index in [1.165, 1.54) is 12.4 Å². The molecule has 0 aliphatic rings. The van der Waals surface area contributed by atoms with Crippen LogP contribution >= 0.6 is 0 Å². The van der Waals surface area contributed by atoms with E-state index in [9.17, 15) is 4.79 Å². The minimum Gasteiger partial charge on any atom is -0.478 e. The Bertz CT molecular complexity index is 389. The molecule has 15 heavy (non-hydrogen) atoms. The lowest BCUT2D eigenvalue weighted by Crippen LogP contribution is -2.06. The van der Waals surface area contributed by atoms with E-state index in [4.69, 9.17) is 5.11 Å². The number of hydrogen-bond donors (Lipinski definition) is 2. The Morgan fingerprint density at radius 1 is 1.53 bits per heavy atom. The van der Waals surface area contributed by atoms with Crippen molar-refractivity contribution in [3.8, 4) is 11.8 Å². The van der Waals surface area contributed by atoms with Gasteiger partial charge in [-0.25, -0.2) is 14.8 Å². The Morgan fingerprint density at radius 3 is 2.73 bits per heavy atom. The minimum absolute atomic E-state index is 0.0777. The molecule has 0 bridgehead atoms. The molecular weight excluding hydrogens is 194 g/mol. The molecule has 0 unspecified atom stereocenters. The van der Waals surface area contributed by atoms with Gasteiger partial charge >= 0.3 is 5.97 Å². The fourth-order valence-electron chi connectivity index (χ4n) is 0.892. The zero-order chi connectivity index (χ0) is 11.1. The molecule has 1 aromatic heterocycles. The van der Waals surface area contributed by atoms with Crippen LogP contribution in [0.2, 0.25) is 0 Å². The lowest BCUT2D eigenvalue weighted by atomic mass is 10.3. The van der Waals surface area contributed by atoms with Crippen molar-refractivity contribution >= 4 is 11.9 Å². The second-order valence-electron chi connectivity index (χ2n) is 2.70. The van der Waals surface area contributed by atoms with Gasteiger partial charge in [-0.15, -0.1) is 11.8 Å². The molecule has 5 nitrogen and oxygen atoms in total. The van der Waals surface area contributed by atoms with Crippen molar-refractivity contribution in [1.82, 2.24) is 9.97 Å². The third kappa shape index (κ3) is 3.65. The van der Waals surface area contributed by atoms with Crippen LogP contribution in [0.15, 0.2) is 12.4 Å². The van der Waals surface area contributed by atoms with Crippen molar-refractivity contribution in [3.05, 3.63) is 18.0 Å². The van der Waals surface area contributed by atoms with Crippen molar-refractivity contribution in [3.63, 3.8) is 0 Å². The zero-order valence-electron chi connectivity index (χ0n) is 8.32. The Morgan fingerprint density at radius 2 is 2.20 bits per heavy atom. The summed E-state index contributed by atoms with van der Waals surface area (Å²) in [5.41, 5.74) is 0.0777. The number of rotatable bonds is 4. The number of aromatic carboxylic acids is 1. The van der Waals surface area contributed by atoms with Gasteiger partial charge in [0.15, 0.2) is 0 Å². The third-order valence-electron chi connectivity index (χ3n) is 1.61. The molecule has 0 aliphatic carbocycles. The average molecular weight is 205 g/mol.